The van der Waals surface area contributed by atoms with Crippen molar-refractivity contribution in [3.05, 3.63) is 35.4 Å². The highest BCUT2D eigenvalue weighted by Crippen LogP contribution is 2.47. The van der Waals surface area contributed by atoms with E-state index in [9.17, 15) is 21.6 Å². The fraction of sp³-hybridized carbons (Fsp3) is 0.429. The molecule has 0 radical (unpaired) electrons. The molecule has 0 N–H and O–H groups in total. The summed E-state index contributed by atoms with van der Waals surface area (Å²) in [5, 5.41) is 0. The van der Waals surface area contributed by atoms with E-state index in [0.29, 0.717) is 24.2 Å². The molecule has 0 saturated heterocycles. The molecule has 120 valence electrons. The van der Waals surface area contributed by atoms with Crippen LogP contribution in [0.25, 0.3) is 5.76 Å². The quantitative estimate of drug-likeness (QED) is 0.613. The van der Waals surface area contributed by atoms with Crippen molar-refractivity contribution < 1.29 is 30.5 Å². The van der Waals surface area contributed by atoms with Crippen molar-refractivity contribution in [3.63, 3.8) is 0 Å². The van der Waals surface area contributed by atoms with Gasteiger partial charge in [0.1, 0.15) is 11.4 Å². The van der Waals surface area contributed by atoms with Crippen LogP contribution in [0, 0.1) is 6.92 Å². The lowest BCUT2D eigenvalue weighted by Gasteiger charge is -2.43. The zero-order valence-corrected chi connectivity index (χ0v) is 12.4. The summed E-state index contributed by atoms with van der Waals surface area (Å²) in [5.74, 6) is 0.0333. The number of hydrogen-bond donors (Lipinski definition) is 0. The van der Waals surface area contributed by atoms with Crippen LogP contribution in [0.5, 0.6) is 5.75 Å². The van der Waals surface area contributed by atoms with E-state index in [1.54, 1.807) is 25.1 Å². The van der Waals surface area contributed by atoms with E-state index in [1.165, 1.54) is 6.08 Å². The Morgan fingerprint density at radius 2 is 1.95 bits per heavy atom. The smallest absolute Gasteiger partial charge is 0.482 e. The maximum Gasteiger partial charge on any atom is 0.534 e. The van der Waals surface area contributed by atoms with Crippen LogP contribution in [0.15, 0.2) is 24.3 Å². The number of ether oxygens (including phenoxy) is 1. The van der Waals surface area contributed by atoms with Crippen LogP contribution in [-0.2, 0) is 14.3 Å². The second kappa shape index (κ2) is 4.65. The molecule has 2 aliphatic rings. The van der Waals surface area contributed by atoms with Crippen molar-refractivity contribution in [1.82, 2.24) is 0 Å². The van der Waals surface area contributed by atoms with E-state index in [2.05, 4.69) is 4.18 Å². The molecule has 1 spiro atoms. The molecule has 4 nitrogen and oxygen atoms in total. The monoisotopic (exact) mass is 334 g/mol. The van der Waals surface area contributed by atoms with Crippen LogP contribution in [0.1, 0.15) is 30.4 Å². The Bertz CT molecular complexity index is 746. The molecule has 22 heavy (non-hydrogen) atoms. The number of aryl methyl sites for hydroxylation is 1. The Morgan fingerprint density at radius 3 is 2.50 bits per heavy atom. The van der Waals surface area contributed by atoms with Crippen LogP contribution in [0.2, 0.25) is 0 Å². The molecule has 8 heteroatoms. The average molecular weight is 334 g/mol. The maximum atomic E-state index is 12.6. The van der Waals surface area contributed by atoms with Crippen molar-refractivity contribution in [2.24, 2.45) is 0 Å². The largest absolute Gasteiger partial charge is 0.534 e. The van der Waals surface area contributed by atoms with Crippen molar-refractivity contribution in [2.45, 2.75) is 37.3 Å². The van der Waals surface area contributed by atoms with Gasteiger partial charge < -0.3 is 8.92 Å². The Labute approximate surface area is 125 Å². The van der Waals surface area contributed by atoms with Crippen molar-refractivity contribution in [3.8, 4) is 5.75 Å². The molecule has 1 aromatic rings. The Hall–Kier alpha value is -1.70. The third-order valence-electron chi connectivity index (χ3n) is 3.87. The molecule has 1 aliphatic heterocycles. The lowest BCUT2D eigenvalue weighted by molar-refractivity contribution is -0.0512. The minimum absolute atomic E-state index is 0.243. The number of alkyl halides is 3. The topological polar surface area (TPSA) is 52.6 Å². The van der Waals surface area contributed by atoms with E-state index in [1.807, 2.05) is 0 Å². The fourth-order valence-electron chi connectivity index (χ4n) is 2.60. The van der Waals surface area contributed by atoms with Gasteiger partial charge in [0.25, 0.3) is 0 Å². The molecular formula is C14H13F3O4S. The SMILES string of the molecule is Cc1cccc2c1C(OS(=O)(=O)C(F)(F)F)=CC1(CCC1)O2. The number of halogens is 3. The standard InChI is InChI=1S/C14H13F3O4S/c1-9-4-2-5-10-12(9)11(8-13(20-10)6-3-7-13)21-22(18,19)14(15,16)17/h2,4-5,8H,3,6-7H2,1H3. The van der Waals surface area contributed by atoms with Crippen molar-refractivity contribution in [1.29, 1.82) is 0 Å². The van der Waals surface area contributed by atoms with Gasteiger partial charge in [-0.15, -0.1) is 0 Å². The van der Waals surface area contributed by atoms with E-state index < -0.39 is 21.2 Å². The molecule has 0 aromatic heterocycles. The predicted molar refractivity (Wildman–Crippen MR) is 72.4 cm³/mol. The highest BCUT2D eigenvalue weighted by Gasteiger charge is 2.50. The van der Waals surface area contributed by atoms with Crippen LogP contribution in [0.4, 0.5) is 13.2 Å². The van der Waals surface area contributed by atoms with Gasteiger partial charge in [-0.3, -0.25) is 0 Å². The number of fused-ring (bicyclic) bond motifs is 1. The minimum atomic E-state index is -5.71. The van der Waals surface area contributed by atoms with E-state index in [0.717, 1.165) is 6.42 Å². The summed E-state index contributed by atoms with van der Waals surface area (Å²) in [6, 6.07) is 4.94. The third kappa shape index (κ3) is 2.35. The summed E-state index contributed by atoms with van der Waals surface area (Å²) in [5.41, 5.74) is -5.41. The molecule has 0 bridgehead atoms. The van der Waals surface area contributed by atoms with Crippen molar-refractivity contribution >= 4 is 15.9 Å². The second-order valence-electron chi connectivity index (χ2n) is 5.46. The Balaban J connectivity index is 2.08. The minimum Gasteiger partial charge on any atom is -0.482 e. The van der Waals surface area contributed by atoms with Crippen molar-refractivity contribution in [2.75, 3.05) is 0 Å². The first-order chi connectivity index (χ1) is 10.1. The third-order valence-corrected chi connectivity index (χ3v) is 4.84. The molecule has 1 aliphatic carbocycles. The van der Waals surface area contributed by atoms with Crippen LogP contribution < -0.4 is 4.74 Å². The average Bonchev–Trinajstić information content (AvgIpc) is 2.34. The zero-order valence-electron chi connectivity index (χ0n) is 11.6. The van der Waals surface area contributed by atoms with Gasteiger partial charge in [-0.05, 0) is 37.8 Å². The normalized spacial score (nSPS) is 19.7. The summed E-state index contributed by atoms with van der Waals surface area (Å²) >= 11 is 0. The molecule has 3 rings (SSSR count). The fourth-order valence-corrected chi connectivity index (χ4v) is 3.07. The molecule has 1 fully saturated rings. The Kier molecular flexibility index (Phi) is 3.21. The van der Waals surface area contributed by atoms with Crippen LogP contribution >= 0.6 is 0 Å². The lowest BCUT2D eigenvalue weighted by atomic mass is 9.77. The van der Waals surface area contributed by atoms with Gasteiger partial charge in [0.15, 0.2) is 5.76 Å². The molecule has 0 atom stereocenters. The van der Waals surface area contributed by atoms with Gasteiger partial charge in [-0.2, -0.15) is 21.6 Å². The summed E-state index contributed by atoms with van der Waals surface area (Å²) in [6.45, 7) is 1.65. The first kappa shape index (κ1) is 15.2. The van der Waals surface area contributed by atoms with Gasteiger partial charge in [0.2, 0.25) is 0 Å². The molecule has 0 unspecified atom stereocenters. The highest BCUT2D eigenvalue weighted by molar-refractivity contribution is 7.87. The number of benzene rings is 1. The van der Waals surface area contributed by atoms with Gasteiger partial charge >= 0.3 is 15.6 Å². The molecule has 1 saturated carbocycles. The Morgan fingerprint density at radius 1 is 1.27 bits per heavy atom. The van der Waals surface area contributed by atoms with Crippen LogP contribution in [0.3, 0.4) is 0 Å². The van der Waals surface area contributed by atoms with E-state index in [-0.39, 0.29) is 11.3 Å². The molecular weight excluding hydrogens is 321 g/mol. The molecule has 1 heterocycles. The zero-order chi connectivity index (χ0) is 16.2. The predicted octanol–water partition coefficient (Wildman–Crippen LogP) is 3.52. The van der Waals surface area contributed by atoms with Gasteiger partial charge in [0, 0.05) is 6.08 Å². The first-order valence-electron chi connectivity index (χ1n) is 6.66. The van der Waals surface area contributed by atoms with E-state index >= 15 is 0 Å². The highest BCUT2D eigenvalue weighted by atomic mass is 32.2. The number of rotatable bonds is 2. The summed E-state index contributed by atoms with van der Waals surface area (Å²) in [4.78, 5) is 0. The second-order valence-corrected chi connectivity index (χ2v) is 7.00. The molecule has 0 amide bonds. The lowest BCUT2D eigenvalue weighted by Crippen LogP contribution is -2.43. The summed E-state index contributed by atoms with van der Waals surface area (Å²) < 4.78 is 70.6. The van der Waals surface area contributed by atoms with Crippen LogP contribution in [-0.4, -0.2) is 19.5 Å². The first-order valence-corrected chi connectivity index (χ1v) is 8.07. The maximum absolute atomic E-state index is 12.6. The van der Waals surface area contributed by atoms with Gasteiger partial charge in [-0.1, -0.05) is 12.1 Å². The number of hydrogen-bond acceptors (Lipinski definition) is 4. The van der Waals surface area contributed by atoms with Gasteiger partial charge in [-0.25, -0.2) is 0 Å². The molecule has 1 aromatic carbocycles. The summed E-state index contributed by atoms with van der Waals surface area (Å²) in [7, 11) is -5.71. The van der Waals surface area contributed by atoms with Gasteiger partial charge in [0.05, 0.1) is 5.56 Å². The summed E-state index contributed by atoms with van der Waals surface area (Å²) in [6.07, 6.45) is 3.44. The van der Waals surface area contributed by atoms with E-state index in [4.69, 9.17) is 4.74 Å².